The maximum absolute atomic E-state index is 2.46. The van der Waals surface area contributed by atoms with Gasteiger partial charge in [0.1, 0.15) is 6.17 Å². The Morgan fingerprint density at radius 1 is 0.767 bits per heavy atom. The van der Waals surface area contributed by atoms with E-state index in [2.05, 4.69) is 116 Å². The van der Waals surface area contributed by atoms with E-state index in [-0.39, 0.29) is 0 Å². The highest BCUT2D eigenvalue weighted by atomic mass is 15.4. The Morgan fingerprint density at radius 2 is 1.33 bits per heavy atom. The van der Waals surface area contributed by atoms with Gasteiger partial charge in [-0.15, -0.1) is 0 Å². The summed E-state index contributed by atoms with van der Waals surface area (Å²) in [5, 5.41) is 0. The fraction of sp³-hybridized carbons (Fsp3) is 0.500. The first-order valence-corrected chi connectivity index (χ1v) is 11.5. The summed E-state index contributed by atoms with van der Waals surface area (Å²) < 4.78 is 0. The van der Waals surface area contributed by atoms with Gasteiger partial charge in [-0.05, 0) is 83.5 Å². The van der Waals surface area contributed by atoms with E-state index in [1.165, 1.54) is 44.6 Å². The number of anilines is 1. The molecule has 0 bridgehead atoms. The zero-order valence-corrected chi connectivity index (χ0v) is 20.7. The summed E-state index contributed by atoms with van der Waals surface area (Å²) in [4.78, 5) is 4.66. The van der Waals surface area contributed by atoms with Crippen molar-refractivity contribution in [1.29, 1.82) is 0 Å². The largest absolute Gasteiger partial charge is 0.359 e. The second kappa shape index (κ2) is 8.49. The minimum Gasteiger partial charge on any atom is -0.359 e. The van der Waals surface area contributed by atoms with Gasteiger partial charge in [0.25, 0.3) is 0 Å². The third-order valence-electron chi connectivity index (χ3n) is 6.79. The molecule has 2 nitrogen and oxygen atoms in total. The van der Waals surface area contributed by atoms with E-state index in [0.717, 1.165) is 0 Å². The van der Waals surface area contributed by atoms with Crippen LogP contribution in [0.25, 0.3) is 11.1 Å². The smallest absolute Gasteiger partial charge is 0.102 e. The lowest BCUT2D eigenvalue weighted by Gasteiger charge is -2.30. The molecule has 162 valence electrons. The average molecular weight is 405 g/mol. The predicted molar refractivity (Wildman–Crippen MR) is 132 cm³/mol. The molecule has 0 aromatic heterocycles. The van der Waals surface area contributed by atoms with E-state index < -0.39 is 0 Å². The molecule has 3 rings (SSSR count). The Bertz CT molecular complexity index is 920. The minimum absolute atomic E-state index is 0.329. The molecule has 1 heterocycles. The Balaban J connectivity index is 2.29. The molecule has 0 radical (unpaired) electrons. The van der Waals surface area contributed by atoms with E-state index in [4.69, 9.17) is 0 Å². The highest BCUT2D eigenvalue weighted by Crippen LogP contribution is 2.41. The molecule has 0 spiro atoms. The van der Waals surface area contributed by atoms with E-state index in [9.17, 15) is 0 Å². The van der Waals surface area contributed by atoms with Gasteiger partial charge in [0.05, 0.1) is 0 Å². The van der Waals surface area contributed by atoms with Gasteiger partial charge in [-0.25, -0.2) is 0 Å². The van der Waals surface area contributed by atoms with E-state index in [0.29, 0.717) is 23.9 Å². The van der Waals surface area contributed by atoms with Gasteiger partial charge in [-0.3, -0.25) is 0 Å². The number of hydrogen-bond acceptors (Lipinski definition) is 2. The molecule has 0 fully saturated rings. The summed E-state index contributed by atoms with van der Waals surface area (Å²) in [6.07, 6.45) is 4.71. The van der Waals surface area contributed by atoms with Gasteiger partial charge in [0.15, 0.2) is 0 Å². The molecule has 0 aliphatic carbocycles. The van der Waals surface area contributed by atoms with Crippen molar-refractivity contribution in [2.75, 3.05) is 11.9 Å². The number of nitrogens with zero attached hydrogens (tertiary/aromatic N) is 2. The summed E-state index contributed by atoms with van der Waals surface area (Å²) in [6.45, 7) is 20.7. The zero-order chi connectivity index (χ0) is 22.3. The summed E-state index contributed by atoms with van der Waals surface area (Å²) >= 11 is 0. The minimum atomic E-state index is 0.329. The van der Waals surface area contributed by atoms with Gasteiger partial charge in [0.2, 0.25) is 0 Å². The Kier molecular flexibility index (Phi) is 6.36. The van der Waals surface area contributed by atoms with Crippen LogP contribution in [0, 0.1) is 13.8 Å². The first kappa shape index (κ1) is 22.5. The summed E-state index contributed by atoms with van der Waals surface area (Å²) in [6, 6.07) is 9.73. The molecule has 0 amide bonds. The predicted octanol–water partition coefficient (Wildman–Crippen LogP) is 7.91. The lowest BCUT2D eigenvalue weighted by molar-refractivity contribution is 0.383. The maximum Gasteiger partial charge on any atom is 0.102 e. The number of hydrogen-bond donors (Lipinski definition) is 0. The van der Waals surface area contributed by atoms with E-state index in [1.807, 2.05) is 0 Å². The zero-order valence-electron chi connectivity index (χ0n) is 20.7. The molecule has 0 saturated carbocycles. The Labute approximate surface area is 184 Å². The second-order valence-electron chi connectivity index (χ2n) is 9.98. The van der Waals surface area contributed by atoms with Crippen molar-refractivity contribution >= 4 is 5.69 Å². The van der Waals surface area contributed by atoms with Crippen molar-refractivity contribution in [3.63, 3.8) is 0 Å². The first-order chi connectivity index (χ1) is 14.0. The van der Waals surface area contributed by atoms with Crippen LogP contribution in [0.15, 0.2) is 36.7 Å². The molecule has 0 unspecified atom stereocenters. The van der Waals surface area contributed by atoms with Crippen LogP contribution in [0.3, 0.4) is 0 Å². The van der Waals surface area contributed by atoms with Crippen molar-refractivity contribution in [2.45, 2.75) is 86.2 Å². The molecule has 2 aromatic carbocycles. The molecule has 1 aliphatic rings. The van der Waals surface area contributed by atoms with Crippen LogP contribution >= 0.6 is 0 Å². The topological polar surface area (TPSA) is 6.48 Å². The monoisotopic (exact) mass is 404 g/mol. The molecule has 30 heavy (non-hydrogen) atoms. The molecule has 0 N–H and O–H groups in total. The third-order valence-corrected chi connectivity index (χ3v) is 6.79. The van der Waals surface area contributed by atoms with Crippen LogP contribution in [-0.2, 0) is 0 Å². The molecule has 2 heteroatoms. The average Bonchev–Trinajstić information content (AvgIpc) is 3.01. The van der Waals surface area contributed by atoms with Gasteiger partial charge < -0.3 is 9.80 Å². The van der Waals surface area contributed by atoms with Crippen LogP contribution in [0.1, 0.15) is 94.0 Å². The molecule has 2 aromatic rings. The highest BCUT2D eigenvalue weighted by molar-refractivity contribution is 5.79. The number of benzene rings is 2. The summed E-state index contributed by atoms with van der Waals surface area (Å²) in [5.74, 6) is 1.51. The standard InChI is InChI=1S/C28H40N2/c1-17(2)23-14-25(18(3)4)28(26(15-23)19(5)6)24-13-20(7)21(8)27(16-24)30-12-11-29(10)22(30)9/h11-19,22H,1-10H3/t22-/m0/s1. The quantitative estimate of drug-likeness (QED) is 0.499. The fourth-order valence-electron chi connectivity index (χ4n) is 4.45. The molecule has 0 saturated heterocycles. The Hall–Kier alpha value is -2.22. The number of rotatable bonds is 5. The van der Waals surface area contributed by atoms with Gasteiger partial charge in [0, 0.05) is 25.1 Å². The lowest BCUT2D eigenvalue weighted by atomic mass is 9.81. The summed E-state index contributed by atoms with van der Waals surface area (Å²) in [5.41, 5.74) is 11.2. The van der Waals surface area contributed by atoms with Crippen LogP contribution in [0.2, 0.25) is 0 Å². The molecular weight excluding hydrogens is 364 g/mol. The molecule has 1 aliphatic heterocycles. The Morgan fingerprint density at radius 3 is 1.77 bits per heavy atom. The molecular formula is C28H40N2. The van der Waals surface area contributed by atoms with Crippen molar-refractivity contribution in [3.05, 3.63) is 64.5 Å². The van der Waals surface area contributed by atoms with Gasteiger partial charge >= 0.3 is 0 Å². The van der Waals surface area contributed by atoms with Crippen molar-refractivity contribution in [1.82, 2.24) is 4.90 Å². The van der Waals surface area contributed by atoms with Gasteiger partial charge in [-0.1, -0.05) is 59.7 Å². The van der Waals surface area contributed by atoms with Gasteiger partial charge in [-0.2, -0.15) is 0 Å². The maximum atomic E-state index is 2.46. The van der Waals surface area contributed by atoms with Crippen LogP contribution in [-0.4, -0.2) is 18.1 Å². The number of aryl methyl sites for hydroxylation is 1. The van der Waals surface area contributed by atoms with Crippen molar-refractivity contribution in [2.24, 2.45) is 0 Å². The van der Waals surface area contributed by atoms with Crippen LogP contribution in [0.4, 0.5) is 5.69 Å². The lowest BCUT2D eigenvalue weighted by Crippen LogP contribution is -2.33. The van der Waals surface area contributed by atoms with E-state index >= 15 is 0 Å². The van der Waals surface area contributed by atoms with E-state index in [1.54, 1.807) is 0 Å². The van der Waals surface area contributed by atoms with Crippen molar-refractivity contribution < 1.29 is 0 Å². The fourth-order valence-corrected chi connectivity index (χ4v) is 4.45. The summed E-state index contributed by atoms with van der Waals surface area (Å²) in [7, 11) is 2.14. The third kappa shape index (κ3) is 4.02. The van der Waals surface area contributed by atoms with Crippen LogP contribution < -0.4 is 4.90 Å². The second-order valence-corrected chi connectivity index (χ2v) is 9.98. The van der Waals surface area contributed by atoms with Crippen molar-refractivity contribution in [3.8, 4) is 11.1 Å². The highest BCUT2D eigenvalue weighted by Gasteiger charge is 2.24. The van der Waals surface area contributed by atoms with Crippen LogP contribution in [0.5, 0.6) is 0 Å². The first-order valence-electron chi connectivity index (χ1n) is 11.5. The molecule has 1 atom stereocenters. The SMILES string of the molecule is Cc1cc(-c2c(C(C)C)cc(C(C)C)cc2C(C)C)cc(N2C=CN(C)[C@@H]2C)c1C. The normalized spacial score (nSPS) is 16.6.